The molecule has 1 aliphatic heterocycles. The minimum Gasteiger partial charge on any atom is -0.483 e. The third-order valence-electron chi connectivity index (χ3n) is 4.01. The Morgan fingerprint density at radius 2 is 1.91 bits per heavy atom. The summed E-state index contributed by atoms with van der Waals surface area (Å²) in [4.78, 5) is 0. The van der Waals surface area contributed by atoms with Crippen LogP contribution >= 0.6 is 0 Å². The number of alkyl halides is 1. The average Bonchev–Trinajstić information content (AvgIpc) is 2.63. The molecule has 0 unspecified atom stereocenters. The summed E-state index contributed by atoms with van der Waals surface area (Å²) >= 11 is 0. The van der Waals surface area contributed by atoms with Gasteiger partial charge >= 0.3 is 0 Å². The SMILES string of the molecule is FCCc1ccccc1O[C@@H](c1ccccc1)[C@@H]1CNCCO1. The van der Waals surface area contributed by atoms with Gasteiger partial charge in [-0.05, 0) is 17.2 Å². The van der Waals surface area contributed by atoms with E-state index < -0.39 is 6.67 Å². The number of benzene rings is 2. The highest BCUT2D eigenvalue weighted by Crippen LogP contribution is 2.29. The van der Waals surface area contributed by atoms with Crippen molar-refractivity contribution in [1.29, 1.82) is 0 Å². The molecule has 2 atom stereocenters. The first kappa shape index (κ1) is 16.0. The van der Waals surface area contributed by atoms with Gasteiger partial charge in [0.05, 0.1) is 13.3 Å². The van der Waals surface area contributed by atoms with Crippen molar-refractivity contribution in [3.8, 4) is 5.75 Å². The fraction of sp³-hybridized carbons (Fsp3) is 0.368. The Labute approximate surface area is 136 Å². The molecule has 0 radical (unpaired) electrons. The predicted octanol–water partition coefficient (Wildman–Crippen LogP) is 3.31. The smallest absolute Gasteiger partial charge is 0.151 e. The number of morpholine rings is 1. The highest BCUT2D eigenvalue weighted by Gasteiger charge is 2.28. The Hall–Kier alpha value is -1.91. The Morgan fingerprint density at radius 1 is 1.13 bits per heavy atom. The molecular weight excluding hydrogens is 293 g/mol. The van der Waals surface area contributed by atoms with Gasteiger partial charge in [-0.1, -0.05) is 48.5 Å². The second kappa shape index (κ2) is 8.09. The number of para-hydroxylation sites is 1. The summed E-state index contributed by atoms with van der Waals surface area (Å²) in [6, 6.07) is 17.7. The van der Waals surface area contributed by atoms with Crippen LogP contribution in [0.25, 0.3) is 0 Å². The molecule has 3 nitrogen and oxygen atoms in total. The van der Waals surface area contributed by atoms with Crippen LogP contribution in [-0.4, -0.2) is 32.5 Å². The Kier molecular flexibility index (Phi) is 5.61. The normalized spacial score (nSPS) is 19.3. The van der Waals surface area contributed by atoms with E-state index in [0.29, 0.717) is 13.0 Å². The third kappa shape index (κ3) is 4.09. The maximum Gasteiger partial charge on any atom is 0.151 e. The van der Waals surface area contributed by atoms with E-state index in [0.717, 1.165) is 30.0 Å². The Morgan fingerprint density at radius 3 is 2.65 bits per heavy atom. The first-order valence-corrected chi connectivity index (χ1v) is 8.06. The van der Waals surface area contributed by atoms with Crippen molar-refractivity contribution >= 4 is 0 Å². The molecule has 2 aromatic carbocycles. The van der Waals surface area contributed by atoms with E-state index in [-0.39, 0.29) is 12.2 Å². The van der Waals surface area contributed by atoms with E-state index in [1.54, 1.807) is 0 Å². The molecule has 1 saturated heterocycles. The summed E-state index contributed by atoms with van der Waals surface area (Å²) in [6.45, 7) is 1.88. The number of aryl methyl sites for hydroxylation is 1. The second-order valence-corrected chi connectivity index (χ2v) is 5.61. The lowest BCUT2D eigenvalue weighted by Gasteiger charge is -2.32. The monoisotopic (exact) mass is 315 g/mol. The highest BCUT2D eigenvalue weighted by molar-refractivity contribution is 5.34. The minimum absolute atomic E-state index is 0.0652. The number of rotatable bonds is 6. The van der Waals surface area contributed by atoms with Crippen molar-refractivity contribution in [3.63, 3.8) is 0 Å². The van der Waals surface area contributed by atoms with Crippen molar-refractivity contribution in [3.05, 3.63) is 65.7 Å². The largest absolute Gasteiger partial charge is 0.483 e. The number of ether oxygens (including phenoxy) is 2. The molecule has 0 saturated carbocycles. The van der Waals surface area contributed by atoms with Crippen molar-refractivity contribution in [2.24, 2.45) is 0 Å². The molecule has 1 aliphatic rings. The number of nitrogens with one attached hydrogen (secondary N) is 1. The van der Waals surface area contributed by atoms with Gasteiger partial charge in [-0.2, -0.15) is 0 Å². The van der Waals surface area contributed by atoms with Gasteiger partial charge in [0, 0.05) is 19.5 Å². The van der Waals surface area contributed by atoms with Crippen LogP contribution in [0.1, 0.15) is 17.2 Å². The molecule has 0 amide bonds. The molecule has 1 N–H and O–H groups in total. The quantitative estimate of drug-likeness (QED) is 0.887. The number of hydrogen-bond donors (Lipinski definition) is 1. The van der Waals surface area contributed by atoms with Gasteiger partial charge in [-0.15, -0.1) is 0 Å². The summed E-state index contributed by atoms with van der Waals surface area (Å²) in [5.41, 5.74) is 1.95. The average molecular weight is 315 g/mol. The standard InChI is InChI=1S/C19H22FNO2/c20-11-10-15-6-4-5-9-17(15)23-19(16-7-2-1-3-8-16)18-14-21-12-13-22-18/h1-9,18-19,21H,10-14H2/t18-,19-/m0/s1. The lowest BCUT2D eigenvalue weighted by atomic mass is 10.0. The molecule has 0 aromatic heterocycles. The minimum atomic E-state index is -0.391. The summed E-state index contributed by atoms with van der Waals surface area (Å²) < 4.78 is 25.0. The fourth-order valence-electron chi connectivity index (χ4n) is 2.85. The van der Waals surface area contributed by atoms with Gasteiger partial charge in [0.1, 0.15) is 11.9 Å². The van der Waals surface area contributed by atoms with E-state index in [1.165, 1.54) is 0 Å². The molecule has 0 aliphatic carbocycles. The topological polar surface area (TPSA) is 30.5 Å². The van der Waals surface area contributed by atoms with Crippen molar-refractivity contribution < 1.29 is 13.9 Å². The number of hydrogen-bond acceptors (Lipinski definition) is 3. The van der Waals surface area contributed by atoms with Crippen LogP contribution in [0.4, 0.5) is 4.39 Å². The van der Waals surface area contributed by atoms with Gasteiger partial charge < -0.3 is 14.8 Å². The van der Waals surface area contributed by atoms with Crippen LogP contribution in [0.3, 0.4) is 0 Å². The maximum absolute atomic E-state index is 12.8. The molecule has 0 bridgehead atoms. The van der Waals surface area contributed by atoms with E-state index >= 15 is 0 Å². The lowest BCUT2D eigenvalue weighted by Crippen LogP contribution is -2.43. The van der Waals surface area contributed by atoms with Crippen LogP contribution in [0, 0.1) is 0 Å². The van der Waals surface area contributed by atoms with Crippen molar-refractivity contribution in [2.45, 2.75) is 18.6 Å². The van der Waals surface area contributed by atoms with Gasteiger partial charge in [0.25, 0.3) is 0 Å². The zero-order valence-corrected chi connectivity index (χ0v) is 13.1. The van der Waals surface area contributed by atoms with Crippen molar-refractivity contribution in [2.75, 3.05) is 26.4 Å². The highest BCUT2D eigenvalue weighted by atomic mass is 19.1. The summed E-state index contributed by atoms with van der Waals surface area (Å²) in [5.74, 6) is 0.730. The van der Waals surface area contributed by atoms with Gasteiger partial charge in [-0.25, -0.2) is 0 Å². The van der Waals surface area contributed by atoms with Crippen LogP contribution in [0.2, 0.25) is 0 Å². The van der Waals surface area contributed by atoms with Crippen molar-refractivity contribution in [1.82, 2.24) is 5.32 Å². The summed E-state index contributed by atoms with van der Waals surface area (Å²) in [6.07, 6.45) is 0.0795. The first-order chi connectivity index (χ1) is 11.4. The van der Waals surface area contributed by atoms with E-state index in [2.05, 4.69) is 5.32 Å². The zero-order valence-electron chi connectivity index (χ0n) is 13.1. The molecule has 1 fully saturated rings. The molecular formula is C19H22FNO2. The second-order valence-electron chi connectivity index (χ2n) is 5.61. The van der Waals surface area contributed by atoms with Crippen LogP contribution in [0.15, 0.2) is 54.6 Å². The van der Waals surface area contributed by atoms with Gasteiger partial charge in [0.15, 0.2) is 6.10 Å². The Balaban J connectivity index is 1.86. The molecule has 3 rings (SSSR count). The van der Waals surface area contributed by atoms with E-state index in [9.17, 15) is 4.39 Å². The van der Waals surface area contributed by atoms with E-state index in [1.807, 2.05) is 54.6 Å². The van der Waals surface area contributed by atoms with E-state index in [4.69, 9.17) is 9.47 Å². The molecule has 0 spiro atoms. The van der Waals surface area contributed by atoms with Crippen LogP contribution in [-0.2, 0) is 11.2 Å². The summed E-state index contributed by atoms with van der Waals surface area (Å²) in [7, 11) is 0. The van der Waals surface area contributed by atoms with Gasteiger partial charge in [-0.3, -0.25) is 4.39 Å². The van der Waals surface area contributed by atoms with Crippen LogP contribution in [0.5, 0.6) is 5.75 Å². The molecule has 23 heavy (non-hydrogen) atoms. The third-order valence-corrected chi connectivity index (χ3v) is 4.01. The molecule has 122 valence electrons. The van der Waals surface area contributed by atoms with Crippen LogP contribution < -0.4 is 10.1 Å². The predicted molar refractivity (Wildman–Crippen MR) is 88.5 cm³/mol. The lowest BCUT2D eigenvalue weighted by molar-refractivity contribution is -0.0435. The van der Waals surface area contributed by atoms with Gasteiger partial charge in [0.2, 0.25) is 0 Å². The Bertz CT molecular complexity index is 599. The first-order valence-electron chi connectivity index (χ1n) is 8.06. The maximum atomic E-state index is 12.8. The molecule has 2 aromatic rings. The summed E-state index contributed by atoms with van der Waals surface area (Å²) in [5, 5.41) is 3.35. The fourth-order valence-corrected chi connectivity index (χ4v) is 2.85. The molecule has 1 heterocycles. The number of halogens is 1. The molecule has 4 heteroatoms. The zero-order chi connectivity index (χ0) is 15.9.